The summed E-state index contributed by atoms with van der Waals surface area (Å²) in [5.74, 6) is 1.74. The third kappa shape index (κ3) is 7.73. The van der Waals surface area contributed by atoms with E-state index < -0.39 is 0 Å². The van der Waals surface area contributed by atoms with Gasteiger partial charge < -0.3 is 0 Å². The second kappa shape index (κ2) is 11.9. The van der Waals surface area contributed by atoms with Crippen LogP contribution >= 0.6 is 0 Å². The van der Waals surface area contributed by atoms with Crippen LogP contribution in [-0.4, -0.2) is 0 Å². The Morgan fingerprint density at radius 1 is 0.783 bits per heavy atom. The SMILES string of the molecule is CCCCCCCCCCCCCCC/C=C1\CC2C=CC1C2. The summed E-state index contributed by atoms with van der Waals surface area (Å²) in [6.45, 7) is 2.30. The predicted molar refractivity (Wildman–Crippen MR) is 104 cm³/mol. The molecule has 1 fully saturated rings. The molecule has 1 saturated carbocycles. The monoisotopic (exact) mass is 316 g/mol. The minimum Gasteiger partial charge on any atom is -0.0847 e. The zero-order chi connectivity index (χ0) is 16.2. The van der Waals surface area contributed by atoms with Crippen molar-refractivity contribution in [3.05, 3.63) is 23.8 Å². The van der Waals surface area contributed by atoms with Gasteiger partial charge in [0.2, 0.25) is 0 Å². The van der Waals surface area contributed by atoms with Crippen molar-refractivity contribution < 1.29 is 0 Å². The minimum atomic E-state index is 0.835. The Kier molecular flexibility index (Phi) is 9.76. The number of hydrogen-bond acceptors (Lipinski definition) is 0. The van der Waals surface area contributed by atoms with Gasteiger partial charge in [0.05, 0.1) is 0 Å². The van der Waals surface area contributed by atoms with E-state index in [0.29, 0.717) is 0 Å². The van der Waals surface area contributed by atoms with Gasteiger partial charge >= 0.3 is 0 Å². The van der Waals surface area contributed by atoms with Gasteiger partial charge in [0.15, 0.2) is 0 Å². The predicted octanol–water partition coefficient (Wildman–Crippen LogP) is 7.99. The smallest absolute Gasteiger partial charge is 0.00173 e. The van der Waals surface area contributed by atoms with Crippen LogP contribution in [0.4, 0.5) is 0 Å². The van der Waals surface area contributed by atoms with Crippen molar-refractivity contribution in [1.82, 2.24) is 0 Å². The van der Waals surface area contributed by atoms with Crippen LogP contribution in [0.15, 0.2) is 23.8 Å². The summed E-state index contributed by atoms with van der Waals surface area (Å²) in [4.78, 5) is 0. The quantitative estimate of drug-likeness (QED) is 0.225. The molecule has 23 heavy (non-hydrogen) atoms. The highest BCUT2D eigenvalue weighted by molar-refractivity contribution is 5.26. The summed E-state index contributed by atoms with van der Waals surface area (Å²) < 4.78 is 0. The molecule has 0 nitrogen and oxygen atoms in total. The van der Waals surface area contributed by atoms with Gasteiger partial charge in [-0.25, -0.2) is 0 Å². The molecule has 2 unspecified atom stereocenters. The molecule has 0 heteroatoms. The summed E-state index contributed by atoms with van der Waals surface area (Å²) in [6, 6.07) is 0. The first-order chi connectivity index (χ1) is 11.4. The normalized spacial score (nSPS) is 24.1. The van der Waals surface area contributed by atoms with Crippen molar-refractivity contribution in [2.75, 3.05) is 0 Å². The maximum Gasteiger partial charge on any atom is -0.00173 e. The maximum atomic E-state index is 2.58. The minimum absolute atomic E-state index is 0.835. The van der Waals surface area contributed by atoms with Crippen LogP contribution in [0.25, 0.3) is 0 Å². The Labute approximate surface area is 145 Å². The van der Waals surface area contributed by atoms with E-state index >= 15 is 0 Å². The van der Waals surface area contributed by atoms with Gasteiger partial charge in [-0.1, -0.05) is 108 Å². The lowest BCUT2D eigenvalue weighted by molar-refractivity contribution is 0.540. The second-order valence-electron chi connectivity index (χ2n) is 8.00. The first-order valence-electron chi connectivity index (χ1n) is 10.8. The van der Waals surface area contributed by atoms with Crippen LogP contribution < -0.4 is 0 Å². The van der Waals surface area contributed by atoms with Crippen molar-refractivity contribution >= 4 is 0 Å². The fourth-order valence-corrected chi connectivity index (χ4v) is 4.34. The van der Waals surface area contributed by atoms with Gasteiger partial charge in [0.25, 0.3) is 0 Å². The molecule has 0 aromatic carbocycles. The van der Waals surface area contributed by atoms with Gasteiger partial charge in [0.1, 0.15) is 0 Å². The Morgan fingerprint density at radius 3 is 1.83 bits per heavy atom. The zero-order valence-electron chi connectivity index (χ0n) is 15.7. The highest BCUT2D eigenvalue weighted by atomic mass is 14.3. The largest absolute Gasteiger partial charge is 0.0847 e. The molecule has 132 valence electrons. The summed E-state index contributed by atoms with van der Waals surface area (Å²) in [5.41, 5.74) is 1.76. The Balaban J connectivity index is 1.30. The molecule has 2 atom stereocenters. The molecule has 0 saturated heterocycles. The first kappa shape index (κ1) is 18.8. The fourth-order valence-electron chi connectivity index (χ4n) is 4.34. The lowest BCUT2D eigenvalue weighted by Gasteiger charge is -2.08. The summed E-state index contributed by atoms with van der Waals surface area (Å²) in [7, 11) is 0. The molecule has 2 aliphatic carbocycles. The Morgan fingerprint density at radius 2 is 1.35 bits per heavy atom. The third-order valence-electron chi connectivity index (χ3n) is 5.86. The average molecular weight is 317 g/mol. The summed E-state index contributed by atoms with van der Waals surface area (Å²) in [6.07, 6.45) is 30.5. The Hall–Kier alpha value is -0.520. The average Bonchev–Trinajstić information content (AvgIpc) is 3.18. The number of rotatable bonds is 14. The molecule has 0 aromatic heterocycles. The lowest BCUT2D eigenvalue weighted by Crippen LogP contribution is -1.92. The summed E-state index contributed by atoms with van der Waals surface area (Å²) >= 11 is 0. The molecule has 0 amide bonds. The fraction of sp³-hybridized carbons (Fsp3) is 0.826. The van der Waals surface area contributed by atoms with Crippen molar-refractivity contribution in [3.63, 3.8) is 0 Å². The van der Waals surface area contributed by atoms with Crippen molar-refractivity contribution in [2.24, 2.45) is 11.8 Å². The van der Waals surface area contributed by atoms with Crippen LogP contribution in [0.5, 0.6) is 0 Å². The van der Waals surface area contributed by atoms with E-state index in [2.05, 4.69) is 25.2 Å². The van der Waals surface area contributed by atoms with E-state index in [1.165, 1.54) is 103 Å². The van der Waals surface area contributed by atoms with Gasteiger partial charge in [-0.3, -0.25) is 0 Å². The van der Waals surface area contributed by atoms with Gasteiger partial charge in [-0.15, -0.1) is 0 Å². The molecule has 0 aromatic rings. The van der Waals surface area contributed by atoms with Gasteiger partial charge in [-0.05, 0) is 37.5 Å². The van der Waals surface area contributed by atoms with E-state index in [4.69, 9.17) is 0 Å². The topological polar surface area (TPSA) is 0 Å². The maximum absolute atomic E-state index is 2.58. The summed E-state index contributed by atoms with van der Waals surface area (Å²) in [5, 5.41) is 0. The molecule has 0 spiro atoms. The van der Waals surface area contributed by atoms with E-state index in [1.54, 1.807) is 5.57 Å². The third-order valence-corrected chi connectivity index (χ3v) is 5.86. The molecule has 0 N–H and O–H groups in total. The Bertz CT molecular complexity index is 349. The van der Waals surface area contributed by atoms with Gasteiger partial charge in [0, 0.05) is 0 Å². The van der Waals surface area contributed by atoms with Crippen molar-refractivity contribution in [2.45, 2.75) is 110 Å². The van der Waals surface area contributed by atoms with Crippen LogP contribution in [0.3, 0.4) is 0 Å². The molecule has 0 radical (unpaired) electrons. The van der Waals surface area contributed by atoms with Crippen molar-refractivity contribution in [1.29, 1.82) is 0 Å². The molecular weight excluding hydrogens is 276 g/mol. The highest BCUT2D eigenvalue weighted by Crippen LogP contribution is 2.43. The number of hydrogen-bond donors (Lipinski definition) is 0. The lowest BCUT2D eigenvalue weighted by atomic mass is 9.98. The van der Waals surface area contributed by atoms with Crippen LogP contribution in [0.2, 0.25) is 0 Å². The van der Waals surface area contributed by atoms with Gasteiger partial charge in [-0.2, -0.15) is 0 Å². The molecular formula is C23H40. The molecule has 2 rings (SSSR count). The van der Waals surface area contributed by atoms with E-state index in [9.17, 15) is 0 Å². The van der Waals surface area contributed by atoms with E-state index in [1.807, 2.05) is 0 Å². The van der Waals surface area contributed by atoms with Crippen LogP contribution in [0.1, 0.15) is 110 Å². The molecule has 0 heterocycles. The molecule has 0 aliphatic heterocycles. The number of unbranched alkanes of at least 4 members (excludes halogenated alkanes) is 13. The molecule has 2 bridgehead atoms. The molecule has 2 aliphatic rings. The van der Waals surface area contributed by atoms with Crippen molar-refractivity contribution in [3.8, 4) is 0 Å². The number of fused-ring (bicyclic) bond motifs is 2. The zero-order valence-corrected chi connectivity index (χ0v) is 15.7. The number of allylic oxidation sites excluding steroid dienone is 4. The van der Waals surface area contributed by atoms with E-state index in [0.717, 1.165) is 11.8 Å². The second-order valence-corrected chi connectivity index (χ2v) is 8.00. The van der Waals surface area contributed by atoms with Crippen LogP contribution in [0, 0.1) is 11.8 Å². The standard InChI is InChI=1S/C23H40/c1-2-3-4-5-6-7-8-9-10-11-12-13-14-15-16-22-19-21-17-18-23(22)20-21/h16-18,21,23H,2-15,19-20H2,1H3/b22-16+. The first-order valence-corrected chi connectivity index (χ1v) is 10.8. The highest BCUT2D eigenvalue weighted by Gasteiger charge is 2.29. The van der Waals surface area contributed by atoms with E-state index in [-0.39, 0.29) is 0 Å². The van der Waals surface area contributed by atoms with Crippen LogP contribution in [-0.2, 0) is 0 Å².